The lowest BCUT2D eigenvalue weighted by molar-refractivity contribution is -0.138. The molecule has 178 valence electrons. The minimum atomic E-state index is -0.558. The molecular weight excluding hydrogens is 489 g/mol. The molecule has 1 aliphatic heterocycles. The molecule has 2 N–H and O–H groups in total. The fraction of sp³-hybridized carbons (Fsp3) is 0.115. The number of ether oxygens (including phenoxy) is 1. The van der Waals surface area contributed by atoms with Gasteiger partial charge in [-0.3, -0.25) is 19.3 Å². The van der Waals surface area contributed by atoms with Gasteiger partial charge in [0.1, 0.15) is 16.5 Å². The van der Waals surface area contributed by atoms with Gasteiger partial charge < -0.3 is 15.4 Å². The second kappa shape index (κ2) is 10.6. The number of nitrogens with one attached hydrogen (secondary N) is 2. The Bertz CT molecular complexity index is 1300. The molecule has 0 aromatic heterocycles. The van der Waals surface area contributed by atoms with E-state index < -0.39 is 11.8 Å². The summed E-state index contributed by atoms with van der Waals surface area (Å²) >= 11 is 12.1. The van der Waals surface area contributed by atoms with E-state index in [-0.39, 0.29) is 29.7 Å². The van der Waals surface area contributed by atoms with Crippen molar-refractivity contribution in [3.05, 3.63) is 105 Å². The van der Waals surface area contributed by atoms with Gasteiger partial charge in [0.25, 0.3) is 17.7 Å². The molecule has 0 spiro atoms. The number of halogens is 2. The van der Waals surface area contributed by atoms with Crippen molar-refractivity contribution >= 4 is 46.6 Å². The second-order valence-electron chi connectivity index (χ2n) is 7.72. The summed E-state index contributed by atoms with van der Waals surface area (Å²) in [5, 5.41) is 6.18. The number of nitrogens with zero attached hydrogens (tertiary/aromatic N) is 1. The van der Waals surface area contributed by atoms with E-state index in [1.807, 2.05) is 6.07 Å². The Balaban J connectivity index is 1.37. The zero-order chi connectivity index (χ0) is 24.9. The molecule has 3 amide bonds. The molecule has 4 rings (SSSR count). The first-order valence-corrected chi connectivity index (χ1v) is 11.4. The Morgan fingerprint density at radius 2 is 1.54 bits per heavy atom. The maximum atomic E-state index is 12.8. The Hall–Kier alpha value is -3.81. The van der Waals surface area contributed by atoms with E-state index >= 15 is 0 Å². The van der Waals surface area contributed by atoms with Crippen LogP contribution in [-0.4, -0.2) is 29.7 Å². The highest BCUT2D eigenvalue weighted by Crippen LogP contribution is 2.26. The number of carbonyl (C=O) groups excluding carboxylic acids is 3. The SMILES string of the molecule is COc1ccccc1NC(=O)c1ccc(CNC2=C(Cl)C(=O)N(Cc3ccc(Cl)cc3)C2=O)cc1. The van der Waals surface area contributed by atoms with E-state index in [0.717, 1.165) is 16.0 Å². The van der Waals surface area contributed by atoms with Crippen LogP contribution in [0.5, 0.6) is 5.75 Å². The first kappa shape index (κ1) is 24.3. The Kier molecular flexibility index (Phi) is 7.39. The van der Waals surface area contributed by atoms with E-state index in [4.69, 9.17) is 27.9 Å². The van der Waals surface area contributed by atoms with Gasteiger partial charge in [-0.05, 0) is 47.5 Å². The number of rotatable bonds is 8. The third kappa shape index (κ3) is 5.48. The van der Waals surface area contributed by atoms with Crippen LogP contribution < -0.4 is 15.4 Å². The van der Waals surface area contributed by atoms with Gasteiger partial charge in [-0.2, -0.15) is 0 Å². The third-order valence-electron chi connectivity index (χ3n) is 5.41. The van der Waals surface area contributed by atoms with Crippen LogP contribution in [-0.2, 0) is 22.7 Å². The summed E-state index contributed by atoms with van der Waals surface area (Å²) < 4.78 is 5.25. The van der Waals surface area contributed by atoms with Gasteiger partial charge in [-0.15, -0.1) is 0 Å². The van der Waals surface area contributed by atoms with Crippen LogP contribution in [0.25, 0.3) is 0 Å². The molecule has 9 heteroatoms. The standard InChI is InChI=1S/C26H21Cl2N3O4/c1-35-21-5-3-2-4-20(21)30-24(32)18-10-6-16(7-11-18)14-29-23-22(28)25(33)31(26(23)34)15-17-8-12-19(27)13-9-17/h2-13,29H,14-15H2,1H3,(H,30,32). The van der Waals surface area contributed by atoms with E-state index in [9.17, 15) is 14.4 Å². The Morgan fingerprint density at radius 1 is 0.886 bits per heavy atom. The molecule has 3 aromatic carbocycles. The van der Waals surface area contributed by atoms with Crippen LogP contribution in [0.3, 0.4) is 0 Å². The summed E-state index contributed by atoms with van der Waals surface area (Å²) in [5.41, 5.74) is 2.62. The average molecular weight is 510 g/mol. The van der Waals surface area contributed by atoms with Crippen LogP contribution in [0.15, 0.2) is 83.5 Å². The molecule has 0 atom stereocenters. The summed E-state index contributed by atoms with van der Waals surface area (Å²) in [5.74, 6) is -0.776. The van der Waals surface area contributed by atoms with Crippen LogP contribution in [0.4, 0.5) is 5.69 Å². The van der Waals surface area contributed by atoms with Gasteiger partial charge in [0, 0.05) is 17.1 Å². The van der Waals surface area contributed by atoms with E-state index in [0.29, 0.717) is 22.0 Å². The first-order valence-electron chi connectivity index (χ1n) is 10.6. The maximum absolute atomic E-state index is 12.8. The smallest absolute Gasteiger partial charge is 0.278 e. The summed E-state index contributed by atoms with van der Waals surface area (Å²) in [6.45, 7) is 0.333. The summed E-state index contributed by atoms with van der Waals surface area (Å²) in [6, 6.07) is 20.9. The highest BCUT2D eigenvalue weighted by Gasteiger charge is 2.37. The van der Waals surface area contributed by atoms with Crippen molar-refractivity contribution in [2.24, 2.45) is 0 Å². The fourth-order valence-corrected chi connectivity index (χ4v) is 3.90. The van der Waals surface area contributed by atoms with Gasteiger partial charge in [0.2, 0.25) is 0 Å². The van der Waals surface area contributed by atoms with Crippen LogP contribution in [0.2, 0.25) is 5.02 Å². The number of methoxy groups -OCH3 is 1. The number of imide groups is 1. The summed E-state index contributed by atoms with van der Waals surface area (Å²) in [7, 11) is 1.54. The number of hydrogen-bond acceptors (Lipinski definition) is 5. The fourth-order valence-electron chi connectivity index (χ4n) is 3.52. The number of amides is 3. The largest absolute Gasteiger partial charge is 0.495 e. The highest BCUT2D eigenvalue weighted by molar-refractivity contribution is 6.47. The van der Waals surface area contributed by atoms with Crippen molar-refractivity contribution in [2.45, 2.75) is 13.1 Å². The number of hydrogen-bond donors (Lipinski definition) is 2. The molecule has 35 heavy (non-hydrogen) atoms. The lowest BCUT2D eigenvalue weighted by Gasteiger charge is -2.15. The molecule has 0 aliphatic carbocycles. The summed E-state index contributed by atoms with van der Waals surface area (Å²) in [4.78, 5) is 39.0. The van der Waals surface area contributed by atoms with Gasteiger partial charge >= 0.3 is 0 Å². The zero-order valence-electron chi connectivity index (χ0n) is 18.7. The van der Waals surface area contributed by atoms with Crippen molar-refractivity contribution in [3.8, 4) is 5.75 Å². The zero-order valence-corrected chi connectivity index (χ0v) is 20.2. The van der Waals surface area contributed by atoms with Crippen molar-refractivity contribution in [1.82, 2.24) is 10.2 Å². The quantitative estimate of drug-likeness (QED) is 0.429. The average Bonchev–Trinajstić information content (AvgIpc) is 3.07. The van der Waals surface area contributed by atoms with Crippen LogP contribution in [0.1, 0.15) is 21.5 Å². The van der Waals surface area contributed by atoms with Crippen molar-refractivity contribution in [3.63, 3.8) is 0 Å². The predicted molar refractivity (Wildman–Crippen MR) is 134 cm³/mol. The number of carbonyl (C=O) groups is 3. The summed E-state index contributed by atoms with van der Waals surface area (Å²) in [6.07, 6.45) is 0. The minimum absolute atomic E-state index is 0.0450. The molecule has 0 bridgehead atoms. The molecule has 0 saturated carbocycles. The molecule has 7 nitrogen and oxygen atoms in total. The van der Waals surface area contributed by atoms with Crippen molar-refractivity contribution < 1.29 is 19.1 Å². The van der Waals surface area contributed by atoms with E-state index in [1.165, 1.54) is 7.11 Å². The van der Waals surface area contributed by atoms with Crippen molar-refractivity contribution in [2.75, 3.05) is 12.4 Å². The van der Waals surface area contributed by atoms with Gasteiger partial charge in [0.15, 0.2) is 0 Å². The molecule has 3 aromatic rings. The van der Waals surface area contributed by atoms with E-state index in [2.05, 4.69) is 10.6 Å². The monoisotopic (exact) mass is 509 g/mol. The lowest BCUT2D eigenvalue weighted by atomic mass is 10.1. The van der Waals surface area contributed by atoms with Gasteiger partial charge in [-0.1, -0.05) is 59.6 Å². The lowest BCUT2D eigenvalue weighted by Crippen LogP contribution is -2.33. The van der Waals surface area contributed by atoms with Gasteiger partial charge in [0.05, 0.1) is 19.3 Å². The third-order valence-corrected chi connectivity index (χ3v) is 6.01. The van der Waals surface area contributed by atoms with E-state index in [1.54, 1.807) is 66.7 Å². The maximum Gasteiger partial charge on any atom is 0.278 e. The second-order valence-corrected chi connectivity index (χ2v) is 8.53. The highest BCUT2D eigenvalue weighted by atomic mass is 35.5. The molecule has 0 fully saturated rings. The molecular formula is C26H21Cl2N3O4. The molecule has 0 radical (unpaired) electrons. The van der Waals surface area contributed by atoms with Gasteiger partial charge in [-0.25, -0.2) is 0 Å². The topological polar surface area (TPSA) is 87.7 Å². The normalized spacial score (nSPS) is 13.3. The molecule has 0 saturated heterocycles. The predicted octanol–water partition coefficient (Wildman–Crippen LogP) is 4.71. The Labute approximate surface area is 212 Å². The Morgan fingerprint density at radius 3 is 2.23 bits per heavy atom. The molecule has 0 unspecified atom stereocenters. The van der Waals surface area contributed by atoms with Crippen LogP contribution in [0, 0.1) is 0 Å². The molecule has 1 heterocycles. The molecule has 1 aliphatic rings. The minimum Gasteiger partial charge on any atom is -0.495 e. The van der Waals surface area contributed by atoms with Crippen molar-refractivity contribution in [1.29, 1.82) is 0 Å². The number of benzene rings is 3. The first-order chi connectivity index (χ1) is 16.9. The van der Waals surface area contributed by atoms with Crippen LogP contribution >= 0.6 is 23.2 Å². The number of anilines is 1. The number of para-hydroxylation sites is 2.